The maximum absolute atomic E-state index is 10.4. The number of hydrogen-bond acceptors (Lipinski definition) is 3. The predicted octanol–water partition coefficient (Wildman–Crippen LogP) is 3.77. The summed E-state index contributed by atoms with van der Waals surface area (Å²) in [5, 5.41) is 10.4. The van der Waals surface area contributed by atoms with Gasteiger partial charge in [0.1, 0.15) is 5.75 Å². The van der Waals surface area contributed by atoms with E-state index >= 15 is 0 Å². The van der Waals surface area contributed by atoms with Crippen molar-refractivity contribution in [1.82, 2.24) is 0 Å². The molecule has 0 fully saturated rings. The number of aryl methyl sites for hydroxylation is 1. The minimum absolute atomic E-state index is 0.0720. The summed E-state index contributed by atoms with van der Waals surface area (Å²) >= 11 is 0. The zero-order valence-electron chi connectivity index (χ0n) is 12.9. The number of fused-ring (bicyclic) bond motifs is 1. The van der Waals surface area contributed by atoms with E-state index in [2.05, 4.69) is 25.6 Å². The lowest BCUT2D eigenvalue weighted by Crippen LogP contribution is -2.27. The van der Waals surface area contributed by atoms with Crippen LogP contribution in [0.5, 0.6) is 5.75 Å². The zero-order valence-corrected chi connectivity index (χ0v) is 12.9. The number of phenols is 1. The average Bonchev–Trinajstić information content (AvgIpc) is 2.50. The van der Waals surface area contributed by atoms with Crippen LogP contribution in [0, 0.1) is 0 Å². The fourth-order valence-electron chi connectivity index (χ4n) is 2.74. The monoisotopic (exact) mass is 290 g/mol. The van der Waals surface area contributed by atoms with Gasteiger partial charge in [-0.2, -0.15) is 0 Å². The third-order valence-electron chi connectivity index (χ3n) is 3.96. The van der Waals surface area contributed by atoms with Crippen LogP contribution >= 0.6 is 0 Å². The molecule has 0 aromatic heterocycles. The van der Waals surface area contributed by atoms with E-state index < -0.39 is 0 Å². The van der Waals surface area contributed by atoms with Gasteiger partial charge in [-0.1, -0.05) is 38.0 Å². The first kappa shape index (κ1) is 16.1. The Morgan fingerprint density at radius 1 is 1.43 bits per heavy atom. The summed E-state index contributed by atoms with van der Waals surface area (Å²) in [7, 11) is 0. The molecule has 1 aromatic rings. The molecule has 0 aliphatic carbocycles. The third-order valence-corrected chi connectivity index (χ3v) is 3.96. The number of rotatable bonds is 8. The molecule has 0 spiro atoms. The van der Waals surface area contributed by atoms with Crippen LogP contribution in [0.3, 0.4) is 0 Å². The van der Waals surface area contributed by atoms with Crippen LogP contribution in [0.1, 0.15) is 42.9 Å². The molecule has 0 saturated heterocycles. The second kappa shape index (κ2) is 8.20. The zero-order chi connectivity index (χ0) is 15.1. The normalized spacial score (nSPS) is 17.5. The van der Waals surface area contributed by atoms with Crippen molar-refractivity contribution in [2.24, 2.45) is 0 Å². The van der Waals surface area contributed by atoms with Gasteiger partial charge in [0.2, 0.25) is 0 Å². The maximum Gasteiger partial charge on any atom is 0.124 e. The molecule has 1 atom stereocenters. The van der Waals surface area contributed by atoms with Crippen molar-refractivity contribution in [2.45, 2.75) is 51.7 Å². The fourth-order valence-corrected chi connectivity index (χ4v) is 2.74. The largest absolute Gasteiger partial charge is 0.507 e. The number of ether oxygens (including phenoxy) is 2. The van der Waals surface area contributed by atoms with Gasteiger partial charge in [-0.3, -0.25) is 0 Å². The standard InChI is InChI=1S/C18H26O3/c1-3-5-6-7-14-8-9-15-11-16(12-20-10-4-2)21-13-17(15)18(14)19/h4,8-9,16,19H,2-3,5-7,10-13H2,1H3. The quantitative estimate of drug-likeness (QED) is 0.585. The van der Waals surface area contributed by atoms with Crippen molar-refractivity contribution in [3.8, 4) is 5.75 Å². The highest BCUT2D eigenvalue weighted by atomic mass is 16.5. The molecule has 116 valence electrons. The highest BCUT2D eigenvalue weighted by molar-refractivity contribution is 5.46. The Morgan fingerprint density at radius 2 is 2.29 bits per heavy atom. The molecule has 1 aliphatic heterocycles. The molecule has 1 aromatic carbocycles. The van der Waals surface area contributed by atoms with Gasteiger partial charge >= 0.3 is 0 Å². The summed E-state index contributed by atoms with van der Waals surface area (Å²) in [4.78, 5) is 0. The highest BCUT2D eigenvalue weighted by Gasteiger charge is 2.22. The van der Waals surface area contributed by atoms with E-state index in [1.54, 1.807) is 6.08 Å². The first-order chi connectivity index (χ1) is 10.3. The molecule has 2 rings (SSSR count). The highest BCUT2D eigenvalue weighted by Crippen LogP contribution is 2.32. The van der Waals surface area contributed by atoms with E-state index in [1.165, 1.54) is 18.4 Å². The number of unbranched alkanes of at least 4 members (excludes halogenated alkanes) is 2. The van der Waals surface area contributed by atoms with Crippen molar-refractivity contribution in [3.05, 3.63) is 41.5 Å². The second-order valence-electron chi connectivity index (χ2n) is 5.63. The van der Waals surface area contributed by atoms with Crippen LogP contribution in [-0.4, -0.2) is 24.4 Å². The second-order valence-corrected chi connectivity index (χ2v) is 5.63. The van der Waals surface area contributed by atoms with Crippen LogP contribution in [0.15, 0.2) is 24.8 Å². The number of hydrogen-bond donors (Lipinski definition) is 1. The Morgan fingerprint density at radius 3 is 3.05 bits per heavy atom. The van der Waals surface area contributed by atoms with Gasteiger partial charge in [-0.05, 0) is 24.0 Å². The molecule has 1 aliphatic rings. The lowest BCUT2D eigenvalue weighted by molar-refractivity contribution is -0.0274. The molecular weight excluding hydrogens is 264 g/mol. The van der Waals surface area contributed by atoms with Gasteiger partial charge in [0.05, 0.1) is 25.9 Å². The first-order valence-electron chi connectivity index (χ1n) is 7.89. The van der Waals surface area contributed by atoms with Crippen molar-refractivity contribution >= 4 is 0 Å². The summed E-state index contributed by atoms with van der Waals surface area (Å²) < 4.78 is 11.2. The predicted molar refractivity (Wildman–Crippen MR) is 84.6 cm³/mol. The first-order valence-corrected chi connectivity index (χ1v) is 7.89. The summed E-state index contributed by atoms with van der Waals surface area (Å²) in [6.07, 6.45) is 7.08. The Hall–Kier alpha value is -1.32. The maximum atomic E-state index is 10.4. The van der Waals surface area contributed by atoms with Crippen molar-refractivity contribution in [1.29, 1.82) is 0 Å². The van der Waals surface area contributed by atoms with E-state index in [9.17, 15) is 5.11 Å². The number of phenolic OH excluding ortho intramolecular Hbond substituents is 1. The summed E-state index contributed by atoms with van der Waals surface area (Å²) in [6.45, 7) is 7.42. The van der Waals surface area contributed by atoms with E-state index in [-0.39, 0.29) is 6.10 Å². The molecular formula is C18H26O3. The Kier molecular flexibility index (Phi) is 6.27. The van der Waals surface area contributed by atoms with Crippen LogP contribution < -0.4 is 0 Å². The minimum Gasteiger partial charge on any atom is -0.507 e. The van der Waals surface area contributed by atoms with E-state index in [0.717, 1.165) is 30.4 Å². The van der Waals surface area contributed by atoms with E-state index in [4.69, 9.17) is 9.47 Å². The lowest BCUT2D eigenvalue weighted by Gasteiger charge is -2.26. The fraction of sp³-hybridized carbons (Fsp3) is 0.556. The van der Waals surface area contributed by atoms with E-state index in [0.29, 0.717) is 25.6 Å². The third kappa shape index (κ3) is 4.32. The molecule has 0 saturated carbocycles. The Balaban J connectivity index is 1.98. The van der Waals surface area contributed by atoms with Gasteiger partial charge < -0.3 is 14.6 Å². The number of benzene rings is 1. The molecule has 1 heterocycles. The SMILES string of the molecule is C=CCOCC1Cc2ccc(CCCCC)c(O)c2CO1. The topological polar surface area (TPSA) is 38.7 Å². The Labute approximate surface area is 127 Å². The van der Waals surface area contributed by atoms with Gasteiger partial charge in [-0.25, -0.2) is 0 Å². The van der Waals surface area contributed by atoms with Gasteiger partial charge in [0.15, 0.2) is 0 Å². The van der Waals surface area contributed by atoms with Crippen LogP contribution in [0.25, 0.3) is 0 Å². The molecule has 3 nitrogen and oxygen atoms in total. The van der Waals surface area contributed by atoms with E-state index in [1.807, 2.05) is 0 Å². The van der Waals surface area contributed by atoms with Gasteiger partial charge in [-0.15, -0.1) is 6.58 Å². The smallest absolute Gasteiger partial charge is 0.124 e. The summed E-state index contributed by atoms with van der Waals surface area (Å²) in [5.74, 6) is 0.439. The van der Waals surface area contributed by atoms with Gasteiger partial charge in [0.25, 0.3) is 0 Å². The molecule has 0 radical (unpaired) electrons. The molecule has 0 bridgehead atoms. The van der Waals surface area contributed by atoms with Crippen molar-refractivity contribution < 1.29 is 14.6 Å². The summed E-state index contributed by atoms with van der Waals surface area (Å²) in [5.41, 5.74) is 3.20. The minimum atomic E-state index is 0.0720. The summed E-state index contributed by atoms with van der Waals surface area (Å²) in [6, 6.07) is 4.20. The molecule has 21 heavy (non-hydrogen) atoms. The van der Waals surface area contributed by atoms with Crippen LogP contribution in [-0.2, 0) is 28.9 Å². The number of aromatic hydroxyl groups is 1. The molecule has 0 amide bonds. The molecule has 1 unspecified atom stereocenters. The van der Waals surface area contributed by atoms with Crippen LogP contribution in [0.4, 0.5) is 0 Å². The van der Waals surface area contributed by atoms with Crippen molar-refractivity contribution in [3.63, 3.8) is 0 Å². The lowest BCUT2D eigenvalue weighted by atomic mass is 9.94. The average molecular weight is 290 g/mol. The molecule has 1 N–H and O–H groups in total. The molecule has 3 heteroatoms. The van der Waals surface area contributed by atoms with Crippen molar-refractivity contribution in [2.75, 3.05) is 13.2 Å². The van der Waals surface area contributed by atoms with Crippen LogP contribution in [0.2, 0.25) is 0 Å². The van der Waals surface area contributed by atoms with Gasteiger partial charge in [0, 0.05) is 12.0 Å². The Bertz CT molecular complexity index is 468.